The summed E-state index contributed by atoms with van der Waals surface area (Å²) in [7, 11) is 0. The Labute approximate surface area is 155 Å². The van der Waals surface area contributed by atoms with Gasteiger partial charge in [0.2, 0.25) is 0 Å². The highest BCUT2D eigenvalue weighted by Crippen LogP contribution is 2.29. The highest BCUT2D eigenvalue weighted by Gasteiger charge is 2.07. The van der Waals surface area contributed by atoms with Crippen molar-refractivity contribution in [2.45, 2.75) is 13.5 Å². The van der Waals surface area contributed by atoms with Crippen LogP contribution in [0.4, 0.5) is 4.79 Å². The summed E-state index contributed by atoms with van der Waals surface area (Å²) < 4.78 is 11.4. The van der Waals surface area contributed by atoms with Crippen molar-refractivity contribution in [1.29, 1.82) is 0 Å². The molecule has 0 aliphatic heterocycles. The zero-order chi connectivity index (χ0) is 18.2. The molecule has 3 N–H and O–H groups in total. The first-order chi connectivity index (χ1) is 12.0. The van der Waals surface area contributed by atoms with Crippen molar-refractivity contribution in [3.63, 3.8) is 0 Å². The molecule has 0 atom stereocenters. The fourth-order valence-corrected chi connectivity index (χ4v) is 2.27. The number of urea groups is 1. The number of ether oxygens (including phenoxy) is 2. The normalized spacial score (nSPS) is 10.7. The van der Waals surface area contributed by atoms with Gasteiger partial charge in [-0.2, -0.15) is 5.10 Å². The second-order valence-electron chi connectivity index (χ2n) is 4.91. The maximum absolute atomic E-state index is 10.6. The Morgan fingerprint density at radius 1 is 1.16 bits per heavy atom. The molecule has 0 unspecified atom stereocenters. The minimum absolute atomic E-state index is 0.313. The molecule has 25 heavy (non-hydrogen) atoms. The van der Waals surface area contributed by atoms with E-state index in [0.29, 0.717) is 34.8 Å². The van der Waals surface area contributed by atoms with Crippen LogP contribution >= 0.6 is 23.2 Å². The lowest BCUT2D eigenvalue weighted by Gasteiger charge is -2.13. The highest BCUT2D eigenvalue weighted by atomic mass is 35.5. The van der Waals surface area contributed by atoms with E-state index in [0.717, 1.165) is 11.1 Å². The van der Waals surface area contributed by atoms with Gasteiger partial charge in [-0.15, -0.1) is 0 Å². The average Bonchev–Trinajstić information content (AvgIpc) is 2.57. The molecule has 2 aromatic rings. The van der Waals surface area contributed by atoms with Gasteiger partial charge < -0.3 is 15.2 Å². The van der Waals surface area contributed by atoms with Gasteiger partial charge >= 0.3 is 6.03 Å². The summed E-state index contributed by atoms with van der Waals surface area (Å²) >= 11 is 11.9. The third-order valence-corrected chi connectivity index (χ3v) is 3.77. The van der Waals surface area contributed by atoms with E-state index in [-0.39, 0.29) is 0 Å². The fraction of sp³-hybridized carbons (Fsp3) is 0.176. The number of halogens is 2. The van der Waals surface area contributed by atoms with Crippen molar-refractivity contribution in [3.8, 4) is 11.5 Å². The molecule has 0 bridgehead atoms. The third-order valence-electron chi connectivity index (χ3n) is 3.03. The molecule has 2 amide bonds. The Hall–Kier alpha value is -2.44. The maximum atomic E-state index is 10.6. The Bertz CT molecular complexity index is 782. The first-order valence-electron chi connectivity index (χ1n) is 7.41. The number of hydrogen-bond acceptors (Lipinski definition) is 4. The van der Waals surface area contributed by atoms with E-state index in [1.54, 1.807) is 30.3 Å². The van der Waals surface area contributed by atoms with Crippen molar-refractivity contribution in [2.75, 3.05) is 6.61 Å². The number of nitrogens with zero attached hydrogens (tertiary/aromatic N) is 1. The van der Waals surface area contributed by atoms with Crippen LogP contribution < -0.4 is 20.6 Å². The van der Waals surface area contributed by atoms with E-state index in [2.05, 4.69) is 10.5 Å². The van der Waals surface area contributed by atoms with Gasteiger partial charge in [0, 0.05) is 0 Å². The molecule has 0 saturated carbocycles. The van der Waals surface area contributed by atoms with Crippen LogP contribution in [-0.4, -0.2) is 18.9 Å². The molecule has 0 saturated heterocycles. The molecule has 8 heteroatoms. The van der Waals surface area contributed by atoms with E-state index in [9.17, 15) is 4.79 Å². The van der Waals surface area contributed by atoms with E-state index in [4.69, 9.17) is 38.4 Å². The zero-order valence-electron chi connectivity index (χ0n) is 13.5. The minimum atomic E-state index is -0.733. The van der Waals surface area contributed by atoms with Crippen LogP contribution in [0.25, 0.3) is 0 Å². The predicted molar refractivity (Wildman–Crippen MR) is 98.7 cm³/mol. The van der Waals surface area contributed by atoms with Crippen LogP contribution in [0.15, 0.2) is 41.5 Å². The molecule has 0 heterocycles. The first kappa shape index (κ1) is 18.9. The van der Waals surface area contributed by atoms with Gasteiger partial charge in [0.1, 0.15) is 6.61 Å². The molecule has 0 spiro atoms. The van der Waals surface area contributed by atoms with Crippen molar-refractivity contribution in [1.82, 2.24) is 5.43 Å². The molecular weight excluding hydrogens is 365 g/mol. The van der Waals surface area contributed by atoms with Crippen molar-refractivity contribution < 1.29 is 14.3 Å². The number of primary amides is 1. The number of nitrogens with one attached hydrogen (secondary N) is 1. The average molecular weight is 382 g/mol. The van der Waals surface area contributed by atoms with Crippen molar-refractivity contribution in [2.24, 2.45) is 10.8 Å². The smallest absolute Gasteiger partial charge is 0.332 e. The quantitative estimate of drug-likeness (QED) is 0.561. The number of hydrogen-bond donors (Lipinski definition) is 2. The number of carbonyl (C=O) groups excluding carboxylic acids is 1. The highest BCUT2D eigenvalue weighted by molar-refractivity contribution is 6.42. The van der Waals surface area contributed by atoms with Crippen LogP contribution in [0.5, 0.6) is 11.5 Å². The molecule has 0 fully saturated rings. The molecule has 0 radical (unpaired) electrons. The Morgan fingerprint density at radius 3 is 2.64 bits per heavy atom. The molecule has 6 nitrogen and oxygen atoms in total. The summed E-state index contributed by atoms with van der Waals surface area (Å²) in [4.78, 5) is 10.6. The summed E-state index contributed by atoms with van der Waals surface area (Å²) in [5.74, 6) is 1.14. The van der Waals surface area contributed by atoms with E-state index >= 15 is 0 Å². The monoisotopic (exact) mass is 381 g/mol. The second kappa shape index (κ2) is 9.15. The summed E-state index contributed by atoms with van der Waals surface area (Å²) in [5, 5.41) is 4.68. The zero-order valence-corrected chi connectivity index (χ0v) is 15.0. The molecular formula is C17H17Cl2N3O3. The largest absolute Gasteiger partial charge is 0.490 e. The van der Waals surface area contributed by atoms with Crippen LogP contribution in [0.3, 0.4) is 0 Å². The minimum Gasteiger partial charge on any atom is -0.490 e. The molecule has 132 valence electrons. The predicted octanol–water partition coefficient (Wildman–Crippen LogP) is 3.97. The van der Waals surface area contributed by atoms with Gasteiger partial charge in [-0.3, -0.25) is 0 Å². The summed E-state index contributed by atoms with van der Waals surface area (Å²) in [6.45, 7) is 2.66. The second-order valence-corrected chi connectivity index (χ2v) is 5.72. The van der Waals surface area contributed by atoms with Crippen LogP contribution in [0.2, 0.25) is 10.0 Å². The Balaban J connectivity index is 2.11. The van der Waals surface area contributed by atoms with E-state index in [1.165, 1.54) is 6.21 Å². The van der Waals surface area contributed by atoms with Crippen LogP contribution in [0, 0.1) is 0 Å². The number of rotatable bonds is 7. The van der Waals surface area contributed by atoms with Crippen LogP contribution in [0.1, 0.15) is 18.1 Å². The topological polar surface area (TPSA) is 85.9 Å². The molecule has 0 aliphatic rings. The van der Waals surface area contributed by atoms with Crippen molar-refractivity contribution in [3.05, 3.63) is 57.6 Å². The SMILES string of the molecule is CCOc1cc(/C=N/NC(N)=O)ccc1OCc1ccc(Cl)c(Cl)c1. The number of carbonyl (C=O) groups is 1. The number of nitrogens with two attached hydrogens (primary N) is 1. The fourth-order valence-electron chi connectivity index (χ4n) is 1.95. The standard InChI is InChI=1S/C17H17Cl2N3O3/c1-2-24-16-8-11(9-21-22-17(20)23)4-6-15(16)25-10-12-3-5-13(18)14(19)7-12/h3-9H,2,10H2,1H3,(H3,20,22,23)/b21-9+. The molecule has 0 aromatic heterocycles. The number of benzene rings is 2. The van der Waals surface area contributed by atoms with Gasteiger partial charge in [-0.05, 0) is 48.4 Å². The molecule has 2 aromatic carbocycles. The third kappa shape index (κ3) is 5.85. The number of amides is 2. The summed E-state index contributed by atoms with van der Waals surface area (Å²) in [5.41, 5.74) is 8.68. The summed E-state index contributed by atoms with van der Waals surface area (Å²) in [6.07, 6.45) is 1.45. The van der Waals surface area contributed by atoms with Gasteiger partial charge in [0.15, 0.2) is 11.5 Å². The summed E-state index contributed by atoms with van der Waals surface area (Å²) in [6, 6.07) is 9.86. The molecule has 0 aliphatic carbocycles. The van der Waals surface area contributed by atoms with E-state index < -0.39 is 6.03 Å². The Kier molecular flexibility index (Phi) is 6.91. The van der Waals surface area contributed by atoms with E-state index in [1.807, 2.05) is 13.0 Å². The van der Waals surface area contributed by atoms with Gasteiger partial charge in [-0.1, -0.05) is 29.3 Å². The van der Waals surface area contributed by atoms with Crippen molar-refractivity contribution >= 4 is 35.4 Å². The van der Waals surface area contributed by atoms with Crippen LogP contribution in [-0.2, 0) is 6.61 Å². The maximum Gasteiger partial charge on any atom is 0.332 e. The number of hydrazone groups is 1. The van der Waals surface area contributed by atoms with Gasteiger partial charge in [0.05, 0.1) is 22.9 Å². The lowest BCUT2D eigenvalue weighted by atomic mass is 10.2. The Morgan fingerprint density at radius 2 is 1.96 bits per heavy atom. The van der Waals surface area contributed by atoms with Gasteiger partial charge in [0.25, 0.3) is 0 Å². The first-order valence-corrected chi connectivity index (χ1v) is 8.17. The lowest BCUT2D eigenvalue weighted by molar-refractivity contribution is 0.249. The lowest BCUT2D eigenvalue weighted by Crippen LogP contribution is -2.24. The van der Waals surface area contributed by atoms with Gasteiger partial charge in [-0.25, -0.2) is 10.2 Å². The molecule has 2 rings (SSSR count).